The van der Waals surface area contributed by atoms with Crippen LogP contribution in [0.2, 0.25) is 0 Å². The molecule has 0 radical (unpaired) electrons. The van der Waals surface area contributed by atoms with Crippen LogP contribution in [0.4, 0.5) is 0 Å². The van der Waals surface area contributed by atoms with E-state index in [1.165, 1.54) is 70.6 Å². The summed E-state index contributed by atoms with van der Waals surface area (Å²) in [5.74, 6) is -3.24. The fraction of sp³-hybridized carbons (Fsp3) is 0.745. The third kappa shape index (κ3) is 34.4. The second-order valence-corrected chi connectivity index (χ2v) is 17.8. The molecule has 0 spiro atoms. The van der Waals surface area contributed by atoms with Crippen LogP contribution in [0.25, 0.3) is 0 Å². The van der Waals surface area contributed by atoms with E-state index in [1.807, 2.05) is 12.2 Å². The number of aliphatic hydroxyl groups is 2. The third-order valence-electron chi connectivity index (χ3n) is 11.6. The van der Waals surface area contributed by atoms with Crippen molar-refractivity contribution in [1.29, 1.82) is 0 Å². The molecule has 3 N–H and O–H groups in total. The summed E-state index contributed by atoms with van der Waals surface area (Å²) in [6.07, 6.45) is 39.4. The van der Waals surface area contributed by atoms with Crippen LogP contribution >= 0.6 is 0 Å². The van der Waals surface area contributed by atoms with Crippen LogP contribution in [0.5, 0.6) is 0 Å². The molecule has 384 valence electrons. The standard InChI is InChI=1S/C55H92O12/c1-4-7-10-13-16-19-22-24-27-29-32-35-38-41-47(56)63-44-46(65-48(57)42-39-36-33-31-28-25-23-20-17-14-11-8-5-2)45-64-55-53(51(60)50(59)52(67-55)54(61)62)66-49(58)43-40-37-34-30-26-21-18-15-12-9-6-3/h7,10,15-16,18-19,24,27,32,35,46,50-53,55,59-60H,4-6,8-9,11-14,17,20-23,25-26,28-31,33-34,36-45H2,1-3H3,(H,61,62)/b10-7-,18-15-,19-16-,27-24-,35-32-. The topological polar surface area (TPSA) is 175 Å². The Balaban J connectivity index is 2.78. The van der Waals surface area contributed by atoms with Crippen molar-refractivity contribution in [2.24, 2.45) is 0 Å². The smallest absolute Gasteiger partial charge is 0.335 e. The monoisotopic (exact) mass is 945 g/mol. The molecule has 12 nitrogen and oxygen atoms in total. The Hall–Kier alpha value is -3.58. The molecule has 0 bridgehead atoms. The van der Waals surface area contributed by atoms with Crippen LogP contribution in [0.3, 0.4) is 0 Å². The number of hydrogen-bond acceptors (Lipinski definition) is 11. The maximum absolute atomic E-state index is 13.1. The lowest BCUT2D eigenvalue weighted by atomic mass is 9.98. The van der Waals surface area contributed by atoms with Crippen molar-refractivity contribution < 1.29 is 58.2 Å². The summed E-state index contributed by atoms with van der Waals surface area (Å²) in [6, 6.07) is 0. The van der Waals surface area contributed by atoms with Crippen LogP contribution in [-0.4, -0.2) is 89.2 Å². The lowest BCUT2D eigenvalue weighted by Crippen LogP contribution is -2.61. The minimum Gasteiger partial charge on any atom is -0.479 e. The predicted octanol–water partition coefficient (Wildman–Crippen LogP) is 12.4. The average Bonchev–Trinajstić information content (AvgIpc) is 3.31. The van der Waals surface area contributed by atoms with E-state index in [1.54, 1.807) is 0 Å². The van der Waals surface area contributed by atoms with Crippen molar-refractivity contribution in [1.82, 2.24) is 0 Å². The van der Waals surface area contributed by atoms with Gasteiger partial charge in [-0.05, 0) is 64.2 Å². The molecule has 1 aliphatic heterocycles. The second kappa shape index (κ2) is 43.7. The number of esters is 3. The highest BCUT2D eigenvalue weighted by Gasteiger charge is 2.50. The molecule has 1 saturated heterocycles. The molecule has 0 aromatic rings. The molecular weight excluding hydrogens is 853 g/mol. The van der Waals surface area contributed by atoms with Gasteiger partial charge in [0.15, 0.2) is 24.6 Å². The lowest BCUT2D eigenvalue weighted by Gasteiger charge is -2.40. The Bertz CT molecular complexity index is 1400. The van der Waals surface area contributed by atoms with E-state index < -0.39 is 67.3 Å². The second-order valence-electron chi connectivity index (χ2n) is 17.8. The van der Waals surface area contributed by atoms with Gasteiger partial charge in [-0.1, -0.05) is 191 Å². The Morgan fingerprint density at radius 1 is 0.507 bits per heavy atom. The normalized spacial score (nSPS) is 19.3. The van der Waals surface area contributed by atoms with E-state index in [4.69, 9.17) is 23.7 Å². The highest BCUT2D eigenvalue weighted by molar-refractivity contribution is 5.74. The molecule has 1 fully saturated rings. The summed E-state index contributed by atoms with van der Waals surface area (Å²) in [5.41, 5.74) is 0. The summed E-state index contributed by atoms with van der Waals surface area (Å²) in [5, 5.41) is 31.3. The van der Waals surface area contributed by atoms with Gasteiger partial charge < -0.3 is 39.0 Å². The molecule has 67 heavy (non-hydrogen) atoms. The fourth-order valence-corrected chi connectivity index (χ4v) is 7.54. The molecule has 12 heteroatoms. The van der Waals surface area contributed by atoms with E-state index >= 15 is 0 Å². The van der Waals surface area contributed by atoms with E-state index in [-0.39, 0.29) is 25.9 Å². The summed E-state index contributed by atoms with van der Waals surface area (Å²) in [4.78, 5) is 50.7. The highest BCUT2D eigenvalue weighted by Crippen LogP contribution is 2.26. The molecule has 1 heterocycles. The zero-order valence-corrected chi connectivity index (χ0v) is 41.9. The maximum atomic E-state index is 13.1. The number of unbranched alkanes of at least 4 members (excludes halogenated alkanes) is 19. The van der Waals surface area contributed by atoms with Gasteiger partial charge in [0.05, 0.1) is 6.61 Å². The molecule has 6 unspecified atom stereocenters. The van der Waals surface area contributed by atoms with Crippen LogP contribution in [-0.2, 0) is 42.9 Å². The lowest BCUT2D eigenvalue weighted by molar-refractivity contribution is -0.301. The number of aliphatic hydroxyl groups excluding tert-OH is 2. The van der Waals surface area contributed by atoms with Crippen LogP contribution in [0.15, 0.2) is 60.8 Å². The summed E-state index contributed by atoms with van der Waals surface area (Å²) in [7, 11) is 0. The third-order valence-corrected chi connectivity index (χ3v) is 11.6. The van der Waals surface area contributed by atoms with E-state index in [0.29, 0.717) is 19.3 Å². The largest absolute Gasteiger partial charge is 0.479 e. The fourth-order valence-electron chi connectivity index (χ4n) is 7.54. The first-order chi connectivity index (χ1) is 32.6. The van der Waals surface area contributed by atoms with Crippen molar-refractivity contribution in [3.63, 3.8) is 0 Å². The van der Waals surface area contributed by atoms with Crippen molar-refractivity contribution in [3.05, 3.63) is 60.8 Å². The molecule has 0 aromatic carbocycles. The van der Waals surface area contributed by atoms with E-state index in [2.05, 4.69) is 69.4 Å². The first-order valence-electron chi connectivity index (χ1n) is 26.3. The first kappa shape index (κ1) is 61.4. The van der Waals surface area contributed by atoms with E-state index in [9.17, 15) is 34.5 Å². The van der Waals surface area contributed by atoms with Gasteiger partial charge in [-0.2, -0.15) is 0 Å². The molecule has 1 rings (SSSR count). The SMILES string of the molecule is CC/C=C\C/C=C\C/C=C\C/C=C\CCC(=O)OCC(COC1OC(C(=O)O)C(O)C(O)C1OC(=O)CCCCCCC/C=C\CCCC)OC(=O)CCCCCCCCCCCCCCC. The minimum atomic E-state index is -1.91. The van der Waals surface area contributed by atoms with Gasteiger partial charge >= 0.3 is 23.9 Å². The molecule has 0 saturated carbocycles. The Kier molecular flexibility index (Phi) is 40.1. The quantitative estimate of drug-likeness (QED) is 0.0229. The summed E-state index contributed by atoms with van der Waals surface area (Å²) >= 11 is 0. The van der Waals surface area contributed by atoms with Crippen LogP contribution in [0.1, 0.15) is 213 Å². The highest BCUT2D eigenvalue weighted by atomic mass is 16.7. The zero-order valence-electron chi connectivity index (χ0n) is 41.9. The van der Waals surface area contributed by atoms with Crippen molar-refractivity contribution in [3.8, 4) is 0 Å². The molecule has 1 aliphatic rings. The molecular formula is C55H92O12. The number of carboxylic acids is 1. The van der Waals surface area contributed by atoms with Gasteiger partial charge in [0, 0.05) is 19.3 Å². The molecule has 0 aliphatic carbocycles. The van der Waals surface area contributed by atoms with Gasteiger partial charge in [0.1, 0.15) is 18.8 Å². The Morgan fingerprint density at radius 2 is 0.985 bits per heavy atom. The molecule has 0 aromatic heterocycles. The number of allylic oxidation sites excluding steroid dienone is 10. The van der Waals surface area contributed by atoms with Gasteiger partial charge in [0.2, 0.25) is 0 Å². The number of carboxylic acid groups (broad SMARTS) is 1. The van der Waals surface area contributed by atoms with Gasteiger partial charge in [0.25, 0.3) is 0 Å². The molecule has 6 atom stereocenters. The predicted molar refractivity (Wildman–Crippen MR) is 266 cm³/mol. The minimum absolute atomic E-state index is 0.0433. The first-order valence-corrected chi connectivity index (χ1v) is 26.3. The number of aliphatic carboxylic acids is 1. The summed E-state index contributed by atoms with van der Waals surface area (Å²) < 4.78 is 28.2. The Morgan fingerprint density at radius 3 is 1.54 bits per heavy atom. The molecule has 0 amide bonds. The van der Waals surface area contributed by atoms with Gasteiger partial charge in [-0.15, -0.1) is 0 Å². The number of ether oxygens (including phenoxy) is 5. The van der Waals surface area contributed by atoms with Crippen LogP contribution < -0.4 is 0 Å². The van der Waals surface area contributed by atoms with E-state index in [0.717, 1.165) is 83.5 Å². The number of carbonyl (C=O) groups excluding carboxylic acids is 3. The average molecular weight is 945 g/mol. The Labute approximate surface area is 405 Å². The van der Waals surface area contributed by atoms with Crippen molar-refractivity contribution in [2.75, 3.05) is 13.2 Å². The number of carbonyl (C=O) groups is 4. The van der Waals surface area contributed by atoms with Gasteiger partial charge in [-0.3, -0.25) is 14.4 Å². The van der Waals surface area contributed by atoms with Gasteiger partial charge in [-0.25, -0.2) is 4.79 Å². The number of rotatable bonds is 43. The van der Waals surface area contributed by atoms with Crippen molar-refractivity contribution in [2.45, 2.75) is 250 Å². The summed E-state index contributed by atoms with van der Waals surface area (Å²) in [6.45, 7) is 5.74. The van der Waals surface area contributed by atoms with Crippen molar-refractivity contribution >= 4 is 23.9 Å². The van der Waals surface area contributed by atoms with Crippen LogP contribution in [0, 0.1) is 0 Å². The zero-order chi connectivity index (χ0) is 49.0. The maximum Gasteiger partial charge on any atom is 0.335 e. The number of hydrogen-bond donors (Lipinski definition) is 3.